The summed E-state index contributed by atoms with van der Waals surface area (Å²) in [6.07, 6.45) is 3.27. The van der Waals surface area contributed by atoms with Crippen LogP contribution in [-0.4, -0.2) is 19.3 Å². The van der Waals surface area contributed by atoms with E-state index in [0.717, 1.165) is 5.56 Å². The SMILES string of the molecule is Cc1ccccc1Cn1cnc2nn(C)cc2c1=O. The van der Waals surface area contributed by atoms with E-state index < -0.39 is 0 Å². The van der Waals surface area contributed by atoms with Gasteiger partial charge in [-0.25, -0.2) is 4.98 Å². The van der Waals surface area contributed by atoms with Crippen LogP contribution >= 0.6 is 0 Å². The summed E-state index contributed by atoms with van der Waals surface area (Å²) < 4.78 is 3.23. The molecule has 2 aromatic heterocycles. The van der Waals surface area contributed by atoms with Crippen molar-refractivity contribution in [2.75, 3.05) is 0 Å². The van der Waals surface area contributed by atoms with E-state index in [2.05, 4.69) is 10.1 Å². The van der Waals surface area contributed by atoms with E-state index in [9.17, 15) is 4.79 Å². The molecule has 2 heterocycles. The Morgan fingerprint density at radius 2 is 2.05 bits per heavy atom. The second-order valence-electron chi connectivity index (χ2n) is 4.64. The molecule has 96 valence electrons. The molecule has 0 amide bonds. The second kappa shape index (κ2) is 4.35. The minimum absolute atomic E-state index is 0.0543. The van der Waals surface area contributed by atoms with Crippen molar-refractivity contribution < 1.29 is 0 Å². The molecule has 0 fully saturated rings. The van der Waals surface area contributed by atoms with Crippen LogP contribution in [0, 0.1) is 6.92 Å². The molecule has 0 atom stereocenters. The Hall–Kier alpha value is -2.43. The van der Waals surface area contributed by atoms with Gasteiger partial charge >= 0.3 is 0 Å². The fraction of sp³-hybridized carbons (Fsp3) is 0.214. The summed E-state index contributed by atoms with van der Waals surface area (Å²) in [5.41, 5.74) is 2.73. The number of hydrogen-bond acceptors (Lipinski definition) is 3. The van der Waals surface area contributed by atoms with Crippen molar-refractivity contribution in [1.82, 2.24) is 19.3 Å². The van der Waals surface area contributed by atoms with Gasteiger partial charge in [0, 0.05) is 13.2 Å². The largest absolute Gasteiger partial charge is 0.294 e. The van der Waals surface area contributed by atoms with Crippen molar-refractivity contribution in [3.8, 4) is 0 Å². The topological polar surface area (TPSA) is 52.7 Å². The van der Waals surface area contributed by atoms with Crippen LogP contribution in [0.3, 0.4) is 0 Å². The summed E-state index contributed by atoms with van der Waals surface area (Å²) in [4.78, 5) is 16.5. The monoisotopic (exact) mass is 254 g/mol. The van der Waals surface area contributed by atoms with Crippen LogP contribution in [-0.2, 0) is 13.6 Å². The molecule has 1 aromatic carbocycles. The van der Waals surface area contributed by atoms with Crippen LogP contribution in [0.25, 0.3) is 11.0 Å². The summed E-state index contributed by atoms with van der Waals surface area (Å²) in [5, 5.41) is 4.69. The van der Waals surface area contributed by atoms with Gasteiger partial charge in [0.2, 0.25) is 0 Å². The van der Waals surface area contributed by atoms with E-state index in [1.54, 1.807) is 28.8 Å². The third kappa shape index (κ3) is 2.03. The van der Waals surface area contributed by atoms with Crippen LogP contribution in [0.2, 0.25) is 0 Å². The molecule has 5 nitrogen and oxygen atoms in total. The Morgan fingerprint density at radius 1 is 1.26 bits per heavy atom. The lowest BCUT2D eigenvalue weighted by Gasteiger charge is -2.07. The van der Waals surface area contributed by atoms with E-state index in [0.29, 0.717) is 17.6 Å². The van der Waals surface area contributed by atoms with E-state index in [1.807, 2.05) is 31.2 Å². The first-order valence-electron chi connectivity index (χ1n) is 6.08. The molecule has 3 aromatic rings. The van der Waals surface area contributed by atoms with Crippen molar-refractivity contribution in [2.24, 2.45) is 7.05 Å². The third-order valence-corrected chi connectivity index (χ3v) is 3.22. The van der Waals surface area contributed by atoms with E-state index >= 15 is 0 Å². The average molecular weight is 254 g/mol. The molecule has 0 aliphatic carbocycles. The number of rotatable bonds is 2. The summed E-state index contributed by atoms with van der Waals surface area (Å²) in [6.45, 7) is 2.57. The lowest BCUT2D eigenvalue weighted by Crippen LogP contribution is -2.21. The molecule has 0 saturated heterocycles. The first kappa shape index (κ1) is 11.6. The van der Waals surface area contributed by atoms with Gasteiger partial charge in [-0.2, -0.15) is 5.10 Å². The van der Waals surface area contributed by atoms with Crippen LogP contribution in [0.1, 0.15) is 11.1 Å². The number of nitrogens with zero attached hydrogens (tertiary/aromatic N) is 4. The smallest absolute Gasteiger partial charge is 0.264 e. The Bertz CT molecular complexity index is 801. The molecule has 0 N–H and O–H groups in total. The lowest BCUT2D eigenvalue weighted by atomic mass is 10.1. The molecule has 0 bridgehead atoms. The highest BCUT2D eigenvalue weighted by Gasteiger charge is 2.08. The molecule has 5 heteroatoms. The predicted octanol–water partition coefficient (Wildman–Crippen LogP) is 1.49. The van der Waals surface area contributed by atoms with Crippen molar-refractivity contribution in [3.05, 3.63) is 58.3 Å². The van der Waals surface area contributed by atoms with Crippen molar-refractivity contribution in [1.29, 1.82) is 0 Å². The zero-order valence-electron chi connectivity index (χ0n) is 10.9. The molecule has 0 aliphatic heterocycles. The summed E-state index contributed by atoms with van der Waals surface area (Å²) in [5.74, 6) is 0. The highest BCUT2D eigenvalue weighted by molar-refractivity contribution is 5.72. The Kier molecular flexibility index (Phi) is 2.67. The fourth-order valence-electron chi connectivity index (χ4n) is 2.14. The summed E-state index contributed by atoms with van der Waals surface area (Å²) >= 11 is 0. The first-order valence-corrected chi connectivity index (χ1v) is 6.08. The molecule has 0 unspecified atom stereocenters. The van der Waals surface area contributed by atoms with E-state index in [-0.39, 0.29) is 5.56 Å². The normalized spacial score (nSPS) is 11.1. The minimum atomic E-state index is -0.0543. The maximum atomic E-state index is 12.3. The maximum absolute atomic E-state index is 12.3. The van der Waals surface area contributed by atoms with E-state index in [4.69, 9.17) is 0 Å². The number of aryl methyl sites for hydroxylation is 2. The van der Waals surface area contributed by atoms with Crippen LogP contribution < -0.4 is 5.56 Å². The van der Waals surface area contributed by atoms with Gasteiger partial charge in [-0.1, -0.05) is 24.3 Å². The average Bonchev–Trinajstić information content (AvgIpc) is 2.77. The van der Waals surface area contributed by atoms with Gasteiger partial charge in [0.25, 0.3) is 5.56 Å². The Morgan fingerprint density at radius 3 is 2.84 bits per heavy atom. The zero-order chi connectivity index (χ0) is 13.4. The molecule has 0 aliphatic rings. The Labute approximate surface area is 110 Å². The molecule has 3 rings (SSSR count). The van der Waals surface area contributed by atoms with Gasteiger partial charge < -0.3 is 0 Å². The molecule has 19 heavy (non-hydrogen) atoms. The molecular weight excluding hydrogens is 240 g/mol. The number of benzene rings is 1. The zero-order valence-corrected chi connectivity index (χ0v) is 10.9. The second-order valence-corrected chi connectivity index (χ2v) is 4.64. The Balaban J connectivity index is 2.09. The van der Waals surface area contributed by atoms with Crippen LogP contribution in [0.15, 0.2) is 41.6 Å². The van der Waals surface area contributed by atoms with Gasteiger partial charge in [-0.3, -0.25) is 14.0 Å². The van der Waals surface area contributed by atoms with Crippen molar-refractivity contribution in [3.63, 3.8) is 0 Å². The summed E-state index contributed by atoms with van der Waals surface area (Å²) in [6, 6.07) is 8.03. The quantitative estimate of drug-likeness (QED) is 0.696. The minimum Gasteiger partial charge on any atom is -0.294 e. The first-order chi connectivity index (χ1) is 9.15. The maximum Gasteiger partial charge on any atom is 0.264 e. The standard InChI is InChI=1S/C14H14N4O/c1-10-5-3-4-6-11(10)7-18-9-15-13-12(14(18)19)8-17(2)16-13/h3-6,8-9H,7H2,1-2H3. The van der Waals surface area contributed by atoms with Crippen molar-refractivity contribution in [2.45, 2.75) is 13.5 Å². The van der Waals surface area contributed by atoms with Crippen molar-refractivity contribution >= 4 is 11.0 Å². The molecule has 0 spiro atoms. The van der Waals surface area contributed by atoms with Gasteiger partial charge in [-0.15, -0.1) is 0 Å². The predicted molar refractivity (Wildman–Crippen MR) is 73.1 cm³/mol. The van der Waals surface area contributed by atoms with Gasteiger partial charge in [0.05, 0.1) is 6.54 Å². The molecule has 0 radical (unpaired) electrons. The highest BCUT2D eigenvalue weighted by atomic mass is 16.1. The fourth-order valence-corrected chi connectivity index (χ4v) is 2.14. The van der Waals surface area contributed by atoms with Gasteiger partial charge in [0.1, 0.15) is 11.7 Å². The van der Waals surface area contributed by atoms with E-state index in [1.165, 1.54) is 5.56 Å². The number of fused-ring (bicyclic) bond motifs is 1. The summed E-state index contributed by atoms with van der Waals surface area (Å²) in [7, 11) is 1.78. The number of aromatic nitrogens is 4. The number of hydrogen-bond donors (Lipinski definition) is 0. The molecule has 0 saturated carbocycles. The van der Waals surface area contributed by atoms with Crippen LogP contribution in [0.4, 0.5) is 0 Å². The van der Waals surface area contributed by atoms with Gasteiger partial charge in [-0.05, 0) is 18.1 Å². The lowest BCUT2D eigenvalue weighted by molar-refractivity contribution is 0.742. The van der Waals surface area contributed by atoms with Gasteiger partial charge in [0.15, 0.2) is 5.65 Å². The molecular formula is C14H14N4O. The highest BCUT2D eigenvalue weighted by Crippen LogP contribution is 2.09. The van der Waals surface area contributed by atoms with Crippen LogP contribution in [0.5, 0.6) is 0 Å². The third-order valence-electron chi connectivity index (χ3n) is 3.22.